The Morgan fingerprint density at radius 1 is 1.20 bits per heavy atom. The number of rotatable bonds is 7. The van der Waals surface area contributed by atoms with Crippen molar-refractivity contribution in [1.29, 1.82) is 0 Å². The molecule has 0 heterocycles. The summed E-state index contributed by atoms with van der Waals surface area (Å²) in [6.45, 7) is 7.77. The molecule has 0 unspecified atom stereocenters. The molecule has 0 aliphatic heterocycles. The number of anilines is 1. The standard InChI is InChI=1S/C17H26FNO/c1-5-8-15(9-6-2)19(13(4)20)16-10-11-17(18)14(7-3)12-16/h10-12,15H,5-9H2,1-4H3. The number of hydrogen-bond acceptors (Lipinski definition) is 1. The molecule has 0 aliphatic carbocycles. The van der Waals surface area contributed by atoms with Gasteiger partial charge in [0.25, 0.3) is 0 Å². The number of nitrogens with zero attached hydrogens (tertiary/aromatic N) is 1. The Labute approximate surface area is 122 Å². The molecule has 0 aliphatic rings. The molecule has 0 saturated heterocycles. The van der Waals surface area contributed by atoms with Gasteiger partial charge in [0.2, 0.25) is 5.91 Å². The molecule has 0 atom stereocenters. The van der Waals surface area contributed by atoms with Gasteiger partial charge in [-0.25, -0.2) is 4.39 Å². The van der Waals surface area contributed by atoms with Crippen LogP contribution in [0.25, 0.3) is 0 Å². The van der Waals surface area contributed by atoms with Crippen molar-refractivity contribution in [1.82, 2.24) is 0 Å². The van der Waals surface area contributed by atoms with E-state index in [4.69, 9.17) is 0 Å². The number of benzene rings is 1. The van der Waals surface area contributed by atoms with Gasteiger partial charge in [0.1, 0.15) is 5.82 Å². The molecule has 1 aromatic carbocycles. The van der Waals surface area contributed by atoms with Gasteiger partial charge in [-0.1, -0.05) is 33.6 Å². The zero-order chi connectivity index (χ0) is 15.1. The lowest BCUT2D eigenvalue weighted by molar-refractivity contribution is -0.117. The zero-order valence-electron chi connectivity index (χ0n) is 13.1. The smallest absolute Gasteiger partial charge is 0.224 e. The summed E-state index contributed by atoms with van der Waals surface area (Å²) >= 11 is 0. The first-order valence-corrected chi connectivity index (χ1v) is 7.63. The van der Waals surface area contributed by atoms with Gasteiger partial charge in [0, 0.05) is 18.7 Å². The molecule has 2 nitrogen and oxygen atoms in total. The number of carbonyl (C=O) groups excluding carboxylic acids is 1. The van der Waals surface area contributed by atoms with Gasteiger partial charge in [0.15, 0.2) is 0 Å². The molecule has 0 spiro atoms. The van der Waals surface area contributed by atoms with Crippen molar-refractivity contribution in [3.05, 3.63) is 29.6 Å². The fraction of sp³-hybridized carbons (Fsp3) is 0.588. The highest BCUT2D eigenvalue weighted by Gasteiger charge is 2.22. The minimum Gasteiger partial charge on any atom is -0.310 e. The number of amides is 1. The van der Waals surface area contributed by atoms with Crippen LogP contribution < -0.4 is 4.90 Å². The van der Waals surface area contributed by atoms with Crippen molar-refractivity contribution >= 4 is 11.6 Å². The third kappa shape index (κ3) is 4.06. The molecule has 1 aromatic rings. The molecule has 1 amide bonds. The average molecular weight is 279 g/mol. The van der Waals surface area contributed by atoms with Gasteiger partial charge in [-0.2, -0.15) is 0 Å². The minimum absolute atomic E-state index is 0.0329. The molecule has 0 N–H and O–H groups in total. The van der Waals surface area contributed by atoms with Crippen molar-refractivity contribution in [3.63, 3.8) is 0 Å². The average Bonchev–Trinajstić information content (AvgIpc) is 2.41. The van der Waals surface area contributed by atoms with E-state index < -0.39 is 0 Å². The van der Waals surface area contributed by atoms with E-state index in [1.54, 1.807) is 13.0 Å². The molecule has 1 rings (SSSR count). The summed E-state index contributed by atoms with van der Waals surface area (Å²) in [6.07, 6.45) is 4.67. The van der Waals surface area contributed by atoms with Gasteiger partial charge in [0.05, 0.1) is 0 Å². The summed E-state index contributed by atoms with van der Waals surface area (Å²) in [6, 6.07) is 5.21. The maximum atomic E-state index is 13.6. The quantitative estimate of drug-likeness (QED) is 0.708. The lowest BCUT2D eigenvalue weighted by Gasteiger charge is -2.31. The maximum absolute atomic E-state index is 13.6. The van der Waals surface area contributed by atoms with Crippen molar-refractivity contribution in [3.8, 4) is 0 Å². The van der Waals surface area contributed by atoms with Crippen LogP contribution >= 0.6 is 0 Å². The summed E-state index contributed by atoms with van der Waals surface area (Å²) in [7, 11) is 0. The predicted molar refractivity (Wildman–Crippen MR) is 82.5 cm³/mol. The molecule has 3 heteroatoms. The molecular weight excluding hydrogens is 253 g/mol. The van der Waals surface area contributed by atoms with Crippen LogP contribution in [0.1, 0.15) is 58.9 Å². The Morgan fingerprint density at radius 2 is 1.80 bits per heavy atom. The minimum atomic E-state index is -0.192. The fourth-order valence-electron chi connectivity index (χ4n) is 2.70. The van der Waals surface area contributed by atoms with E-state index in [9.17, 15) is 9.18 Å². The Morgan fingerprint density at radius 3 is 2.25 bits per heavy atom. The largest absolute Gasteiger partial charge is 0.310 e. The highest BCUT2D eigenvalue weighted by molar-refractivity contribution is 5.92. The summed E-state index contributed by atoms with van der Waals surface area (Å²) < 4.78 is 13.6. The molecule has 0 fully saturated rings. The van der Waals surface area contributed by atoms with Crippen LogP contribution in [0, 0.1) is 5.82 Å². The van der Waals surface area contributed by atoms with Crippen molar-refractivity contribution < 1.29 is 9.18 Å². The third-order valence-corrected chi connectivity index (χ3v) is 3.64. The lowest BCUT2D eigenvalue weighted by Crippen LogP contribution is -2.39. The van der Waals surface area contributed by atoms with Crippen LogP contribution in [0.3, 0.4) is 0 Å². The van der Waals surface area contributed by atoms with Crippen LogP contribution in [0.5, 0.6) is 0 Å². The highest BCUT2D eigenvalue weighted by atomic mass is 19.1. The number of hydrogen-bond donors (Lipinski definition) is 0. The molecule has 20 heavy (non-hydrogen) atoms. The number of aryl methyl sites for hydroxylation is 1. The second kappa shape index (κ2) is 8.03. The van der Waals surface area contributed by atoms with Gasteiger partial charge in [-0.05, 0) is 43.0 Å². The third-order valence-electron chi connectivity index (χ3n) is 3.64. The maximum Gasteiger partial charge on any atom is 0.224 e. The topological polar surface area (TPSA) is 20.3 Å². The lowest BCUT2D eigenvalue weighted by atomic mass is 10.0. The molecule has 0 bridgehead atoms. The summed E-state index contributed by atoms with van der Waals surface area (Å²) in [5, 5.41) is 0. The van der Waals surface area contributed by atoms with Gasteiger partial charge >= 0.3 is 0 Å². The van der Waals surface area contributed by atoms with Crippen LogP contribution in [-0.4, -0.2) is 11.9 Å². The SMILES string of the molecule is CCCC(CCC)N(C(C)=O)c1ccc(F)c(CC)c1. The number of halogens is 1. The summed E-state index contributed by atoms with van der Waals surface area (Å²) in [5.41, 5.74) is 1.49. The van der Waals surface area contributed by atoms with Crippen LogP contribution in [0.4, 0.5) is 10.1 Å². The first-order chi connectivity index (χ1) is 9.54. The predicted octanol–water partition coefficient (Wildman–Crippen LogP) is 4.71. The van der Waals surface area contributed by atoms with Gasteiger partial charge < -0.3 is 4.90 Å². The molecule has 0 radical (unpaired) electrons. The first-order valence-electron chi connectivity index (χ1n) is 7.63. The Balaban J connectivity index is 3.14. The molecule has 0 saturated carbocycles. The zero-order valence-corrected chi connectivity index (χ0v) is 13.1. The fourth-order valence-corrected chi connectivity index (χ4v) is 2.70. The van der Waals surface area contributed by atoms with Crippen LogP contribution in [-0.2, 0) is 11.2 Å². The van der Waals surface area contributed by atoms with E-state index in [2.05, 4.69) is 13.8 Å². The van der Waals surface area contributed by atoms with Gasteiger partial charge in [-0.3, -0.25) is 4.79 Å². The van der Waals surface area contributed by atoms with E-state index >= 15 is 0 Å². The van der Waals surface area contributed by atoms with E-state index in [1.165, 1.54) is 6.07 Å². The summed E-state index contributed by atoms with van der Waals surface area (Å²) in [4.78, 5) is 13.9. The molecule has 0 aromatic heterocycles. The van der Waals surface area contributed by atoms with Gasteiger partial charge in [-0.15, -0.1) is 0 Å². The first kappa shape index (κ1) is 16.7. The summed E-state index contributed by atoms with van der Waals surface area (Å²) in [5.74, 6) is -0.159. The number of carbonyl (C=O) groups is 1. The van der Waals surface area contributed by atoms with Crippen molar-refractivity contribution in [2.24, 2.45) is 0 Å². The Hall–Kier alpha value is -1.38. The van der Waals surface area contributed by atoms with E-state index in [1.807, 2.05) is 17.9 Å². The molecular formula is C17H26FNO. The van der Waals surface area contributed by atoms with Crippen LogP contribution in [0.15, 0.2) is 18.2 Å². The Bertz CT molecular complexity index is 439. The Kier molecular flexibility index (Phi) is 6.69. The molecule has 112 valence electrons. The van der Waals surface area contributed by atoms with E-state index in [0.717, 1.165) is 31.4 Å². The second-order valence-electron chi connectivity index (χ2n) is 5.25. The van der Waals surface area contributed by atoms with Crippen molar-refractivity contribution in [2.45, 2.75) is 65.8 Å². The van der Waals surface area contributed by atoms with E-state index in [0.29, 0.717) is 12.0 Å². The van der Waals surface area contributed by atoms with Crippen molar-refractivity contribution in [2.75, 3.05) is 4.90 Å². The second-order valence-corrected chi connectivity index (χ2v) is 5.25. The highest BCUT2D eigenvalue weighted by Crippen LogP contribution is 2.25. The van der Waals surface area contributed by atoms with Crippen LogP contribution in [0.2, 0.25) is 0 Å². The monoisotopic (exact) mass is 279 g/mol. The normalized spacial score (nSPS) is 10.9. The van der Waals surface area contributed by atoms with E-state index in [-0.39, 0.29) is 17.8 Å².